The van der Waals surface area contributed by atoms with Crippen molar-refractivity contribution in [2.24, 2.45) is 11.0 Å². The highest BCUT2D eigenvalue weighted by Gasteiger charge is 2.40. The van der Waals surface area contributed by atoms with Gasteiger partial charge in [-0.15, -0.1) is 0 Å². The van der Waals surface area contributed by atoms with Crippen molar-refractivity contribution in [3.63, 3.8) is 0 Å². The average Bonchev–Trinajstić information content (AvgIpc) is 3.95. The highest BCUT2D eigenvalue weighted by Crippen LogP contribution is 2.37. The van der Waals surface area contributed by atoms with Crippen LogP contribution in [0.2, 0.25) is 0 Å². The number of benzene rings is 2. The summed E-state index contributed by atoms with van der Waals surface area (Å²) in [6.45, 7) is 9.97. The molecular formula is C38H46N8O5S. The summed E-state index contributed by atoms with van der Waals surface area (Å²) in [5.41, 5.74) is 5.20. The Morgan fingerprint density at radius 1 is 0.885 bits per heavy atom. The lowest BCUT2D eigenvalue weighted by Gasteiger charge is -2.27. The van der Waals surface area contributed by atoms with Crippen LogP contribution in [0.3, 0.4) is 0 Å². The van der Waals surface area contributed by atoms with E-state index in [2.05, 4.69) is 68.0 Å². The van der Waals surface area contributed by atoms with Crippen molar-refractivity contribution in [2.45, 2.75) is 76.4 Å². The van der Waals surface area contributed by atoms with Crippen LogP contribution in [0.15, 0.2) is 66.0 Å². The lowest BCUT2D eigenvalue weighted by Crippen LogP contribution is -2.50. The lowest BCUT2D eigenvalue weighted by atomic mass is 10.0. The number of methoxy groups -OCH3 is 1. The Morgan fingerprint density at radius 3 is 1.92 bits per heavy atom. The third-order valence-electron chi connectivity index (χ3n) is 9.22. The monoisotopic (exact) mass is 726 g/mol. The molecule has 3 amide bonds. The zero-order valence-electron chi connectivity index (χ0n) is 30.5. The van der Waals surface area contributed by atoms with Crippen LogP contribution in [0.25, 0.3) is 33.6 Å². The second-order valence-electron chi connectivity index (χ2n) is 14.4. The molecule has 2 aliphatic heterocycles. The van der Waals surface area contributed by atoms with Gasteiger partial charge in [0.15, 0.2) is 0 Å². The van der Waals surface area contributed by atoms with Crippen molar-refractivity contribution in [2.75, 3.05) is 19.9 Å². The van der Waals surface area contributed by atoms with E-state index in [1.165, 1.54) is 12.1 Å². The quantitative estimate of drug-likeness (QED) is 0.164. The van der Waals surface area contributed by atoms with Crippen LogP contribution in [0.1, 0.15) is 71.2 Å². The number of ether oxygens (including phenoxy) is 2. The third kappa shape index (κ3) is 8.01. The number of alkyl carbamates (subject to hydrolysis) is 1. The molecule has 4 heterocycles. The van der Waals surface area contributed by atoms with E-state index in [9.17, 15) is 14.4 Å². The summed E-state index contributed by atoms with van der Waals surface area (Å²) in [4.78, 5) is 56.2. The highest BCUT2D eigenvalue weighted by atomic mass is 32.2. The fourth-order valence-corrected chi connectivity index (χ4v) is 7.12. The van der Waals surface area contributed by atoms with E-state index in [0.29, 0.717) is 24.0 Å². The van der Waals surface area contributed by atoms with E-state index < -0.39 is 23.8 Å². The molecule has 0 aliphatic carbocycles. The minimum absolute atomic E-state index is 0.170. The molecule has 1 fully saturated rings. The Morgan fingerprint density at radius 2 is 1.42 bits per heavy atom. The number of aromatic amines is 2. The topological polar surface area (TPSA) is 158 Å². The Bertz CT molecular complexity index is 1910. The summed E-state index contributed by atoms with van der Waals surface area (Å²) in [6.07, 6.45) is 7.66. The minimum atomic E-state index is -0.792. The fraction of sp³-hybridized carbons (Fsp3) is 0.421. The van der Waals surface area contributed by atoms with Crippen molar-refractivity contribution in [1.82, 2.24) is 35.2 Å². The molecule has 0 unspecified atom stereocenters. The first kappa shape index (κ1) is 36.7. The van der Waals surface area contributed by atoms with Gasteiger partial charge in [0.1, 0.15) is 29.3 Å². The van der Waals surface area contributed by atoms with E-state index >= 15 is 0 Å². The third-order valence-corrected chi connectivity index (χ3v) is 10.2. The summed E-state index contributed by atoms with van der Waals surface area (Å²) in [5.74, 6) is 0.867. The number of aromatic nitrogens is 4. The second-order valence-corrected chi connectivity index (χ2v) is 15.5. The number of hydrazone groups is 1. The van der Waals surface area contributed by atoms with E-state index in [1.54, 1.807) is 29.1 Å². The van der Waals surface area contributed by atoms with Crippen molar-refractivity contribution < 1.29 is 23.9 Å². The number of rotatable bonds is 9. The molecule has 0 radical (unpaired) electrons. The summed E-state index contributed by atoms with van der Waals surface area (Å²) >= 11 is 1.76. The Kier molecular flexibility index (Phi) is 10.7. The lowest BCUT2D eigenvalue weighted by molar-refractivity contribution is -0.136. The number of thioether (sulfide) groups is 1. The van der Waals surface area contributed by atoms with Crippen LogP contribution in [0.5, 0.6) is 0 Å². The number of carbonyl (C=O) groups is 3. The first-order chi connectivity index (χ1) is 24.8. The number of nitrogens with one attached hydrogen (secondary N) is 3. The summed E-state index contributed by atoms with van der Waals surface area (Å²) in [5, 5.41) is 8.63. The Labute approximate surface area is 308 Å². The van der Waals surface area contributed by atoms with E-state index in [0.717, 1.165) is 45.9 Å². The first-order valence-corrected chi connectivity index (χ1v) is 18.7. The van der Waals surface area contributed by atoms with Crippen molar-refractivity contribution in [3.8, 4) is 33.6 Å². The predicted octanol–water partition coefficient (Wildman–Crippen LogP) is 7.19. The van der Waals surface area contributed by atoms with Gasteiger partial charge in [0.2, 0.25) is 0 Å². The van der Waals surface area contributed by atoms with Gasteiger partial charge in [-0.3, -0.25) is 9.69 Å². The molecule has 52 heavy (non-hydrogen) atoms. The molecule has 0 saturated carbocycles. The normalized spacial score (nSPS) is 19.3. The van der Waals surface area contributed by atoms with Crippen molar-refractivity contribution in [1.29, 1.82) is 0 Å². The SMILES string of the molecule is COC(=O)N[C@H](C(=O)N1N=CC[C@H]1c1ncc(-c2ccc(-c3ccc(-c4cnc([C@@H]5C[C@H](SC)CN5C(=O)OC(C)(C)C)[nH]4)cc3)cc2)[nH]1)C(C)C. The number of imidazole rings is 2. The number of amides is 3. The van der Waals surface area contributed by atoms with Gasteiger partial charge >= 0.3 is 12.2 Å². The Balaban J connectivity index is 1.12. The van der Waals surface area contributed by atoms with Crippen LogP contribution >= 0.6 is 11.8 Å². The zero-order valence-corrected chi connectivity index (χ0v) is 31.4. The molecular weight excluding hydrogens is 681 g/mol. The number of hydrogen-bond donors (Lipinski definition) is 3. The molecule has 4 atom stereocenters. The number of hydrogen-bond acceptors (Lipinski definition) is 9. The van der Waals surface area contributed by atoms with Gasteiger partial charge in [0.25, 0.3) is 5.91 Å². The van der Waals surface area contributed by atoms with Crippen LogP contribution in [-0.2, 0) is 14.3 Å². The van der Waals surface area contributed by atoms with Crippen molar-refractivity contribution in [3.05, 3.63) is 72.6 Å². The molecule has 2 aromatic heterocycles. The Hall–Kier alpha value is -5.11. The van der Waals surface area contributed by atoms with Gasteiger partial charge in [-0.2, -0.15) is 16.9 Å². The summed E-state index contributed by atoms with van der Waals surface area (Å²) in [7, 11) is 1.26. The average molecular weight is 727 g/mol. The van der Waals surface area contributed by atoms with Crippen LogP contribution < -0.4 is 5.32 Å². The van der Waals surface area contributed by atoms with Gasteiger partial charge < -0.3 is 24.8 Å². The fourth-order valence-electron chi connectivity index (χ4n) is 6.43. The molecule has 4 aromatic rings. The van der Waals surface area contributed by atoms with Gasteiger partial charge in [-0.1, -0.05) is 62.4 Å². The predicted molar refractivity (Wildman–Crippen MR) is 202 cm³/mol. The molecule has 2 aromatic carbocycles. The molecule has 3 N–H and O–H groups in total. The standard InChI is InChI=1S/C38H46N8O5S/c1-22(2)32(44-36(48)50-6)35(47)46-30(16-17-41-46)33-39-19-28(42-33)25-12-8-23(9-13-25)24-10-14-26(15-11-24)29-20-40-34(43-29)31-18-27(52-7)21-45(31)37(49)51-38(3,4)5/h8-15,17,19-20,22,27,30-32H,16,18,21H2,1-7H3,(H,39,42)(H,40,43)(H,44,48)/t27-,30-,31-,32-/m0/s1. The van der Waals surface area contributed by atoms with E-state index in [-0.39, 0.29) is 24.0 Å². The molecule has 13 nitrogen and oxygen atoms in total. The summed E-state index contributed by atoms with van der Waals surface area (Å²) in [6, 6.07) is 15.1. The molecule has 6 rings (SSSR count). The first-order valence-electron chi connectivity index (χ1n) is 17.4. The van der Waals surface area contributed by atoms with E-state index in [4.69, 9.17) is 14.5 Å². The van der Waals surface area contributed by atoms with Gasteiger partial charge in [0, 0.05) is 24.4 Å². The van der Waals surface area contributed by atoms with Crippen LogP contribution in [0.4, 0.5) is 9.59 Å². The number of nitrogens with zero attached hydrogens (tertiary/aromatic N) is 5. The molecule has 2 aliphatic rings. The smallest absolute Gasteiger partial charge is 0.410 e. The minimum Gasteiger partial charge on any atom is -0.453 e. The maximum Gasteiger partial charge on any atom is 0.410 e. The molecule has 14 heteroatoms. The van der Waals surface area contributed by atoms with Gasteiger partial charge in [-0.05, 0) is 61.6 Å². The number of likely N-dealkylation sites (tertiary alicyclic amines) is 1. The number of carbonyl (C=O) groups excluding carboxylic acids is 3. The molecule has 0 bridgehead atoms. The maximum absolute atomic E-state index is 13.4. The molecule has 0 spiro atoms. The summed E-state index contributed by atoms with van der Waals surface area (Å²) < 4.78 is 10.4. The zero-order chi connectivity index (χ0) is 37.2. The van der Waals surface area contributed by atoms with Crippen LogP contribution in [0, 0.1) is 5.92 Å². The maximum atomic E-state index is 13.4. The van der Waals surface area contributed by atoms with Gasteiger partial charge in [-0.25, -0.2) is 24.6 Å². The largest absolute Gasteiger partial charge is 0.453 e. The highest BCUT2D eigenvalue weighted by molar-refractivity contribution is 7.99. The second kappa shape index (κ2) is 15.2. The number of H-pyrrole nitrogens is 2. The van der Waals surface area contributed by atoms with Crippen molar-refractivity contribution >= 4 is 36.1 Å². The van der Waals surface area contributed by atoms with Gasteiger partial charge in [0.05, 0.1) is 36.9 Å². The van der Waals surface area contributed by atoms with Crippen LogP contribution in [-0.4, -0.2) is 91.0 Å². The molecule has 274 valence electrons. The van der Waals surface area contributed by atoms with E-state index in [1.807, 2.05) is 52.9 Å². The molecule has 1 saturated heterocycles.